The fraction of sp³-hybridized carbons (Fsp3) is 0.385. The van der Waals surface area contributed by atoms with Crippen LogP contribution in [0.25, 0.3) is 0 Å². The first kappa shape index (κ1) is 12.0. The summed E-state index contributed by atoms with van der Waals surface area (Å²) in [6.45, 7) is 9.56. The van der Waals surface area contributed by atoms with E-state index in [0.29, 0.717) is 0 Å². The molecule has 0 unspecified atom stereocenters. The van der Waals surface area contributed by atoms with Crippen molar-refractivity contribution < 1.29 is 9.78 Å². The molecule has 0 aliphatic rings. The first-order chi connectivity index (χ1) is 7.03. The van der Waals surface area contributed by atoms with Crippen molar-refractivity contribution in [3.63, 3.8) is 0 Å². The average Bonchev–Trinajstić information content (AvgIpc) is 2.19. The molecule has 2 nitrogen and oxygen atoms in total. The van der Waals surface area contributed by atoms with E-state index in [1.54, 1.807) is 6.08 Å². The molecule has 1 aromatic rings. The number of rotatable bonds is 4. The van der Waals surface area contributed by atoms with Crippen LogP contribution in [0, 0.1) is 0 Å². The van der Waals surface area contributed by atoms with Gasteiger partial charge in [0, 0.05) is 0 Å². The monoisotopic (exact) mass is 206 g/mol. The second kappa shape index (κ2) is 5.10. The van der Waals surface area contributed by atoms with Crippen LogP contribution in [-0.2, 0) is 9.78 Å². The lowest BCUT2D eigenvalue weighted by Gasteiger charge is -2.21. The molecule has 15 heavy (non-hydrogen) atoms. The summed E-state index contributed by atoms with van der Waals surface area (Å²) < 4.78 is 0. The summed E-state index contributed by atoms with van der Waals surface area (Å²) in [6.07, 6.45) is 1.51. The summed E-state index contributed by atoms with van der Waals surface area (Å²) in [5.74, 6) is 0. The lowest BCUT2D eigenvalue weighted by molar-refractivity contribution is -0.367. The van der Waals surface area contributed by atoms with Crippen molar-refractivity contribution in [1.82, 2.24) is 0 Å². The van der Waals surface area contributed by atoms with E-state index in [4.69, 9.17) is 9.78 Å². The van der Waals surface area contributed by atoms with Gasteiger partial charge in [-0.25, -0.2) is 9.78 Å². The van der Waals surface area contributed by atoms with E-state index in [0.717, 1.165) is 5.56 Å². The predicted octanol–water partition coefficient (Wildman–Crippen LogP) is 3.66. The lowest BCUT2D eigenvalue weighted by Crippen LogP contribution is -2.20. The van der Waals surface area contributed by atoms with Crippen molar-refractivity contribution in [1.29, 1.82) is 0 Å². The zero-order valence-electron chi connectivity index (χ0n) is 9.57. The second-order valence-corrected chi connectivity index (χ2v) is 4.36. The van der Waals surface area contributed by atoms with Crippen molar-refractivity contribution in [3.8, 4) is 0 Å². The summed E-state index contributed by atoms with van der Waals surface area (Å²) in [4.78, 5) is 10.6. The zero-order chi connectivity index (χ0) is 11.3. The Balaban J connectivity index is 2.62. The molecule has 1 aromatic carbocycles. The third kappa shape index (κ3) is 4.28. The van der Waals surface area contributed by atoms with Crippen LogP contribution in [0.15, 0.2) is 43.0 Å². The van der Waals surface area contributed by atoms with Crippen LogP contribution in [0.5, 0.6) is 0 Å². The molecule has 1 atom stereocenters. The Hall–Kier alpha value is -1.12. The molecule has 0 radical (unpaired) electrons. The van der Waals surface area contributed by atoms with Crippen LogP contribution in [0.1, 0.15) is 32.4 Å². The van der Waals surface area contributed by atoms with E-state index in [1.165, 1.54) is 0 Å². The van der Waals surface area contributed by atoms with Gasteiger partial charge in [-0.05, 0) is 26.3 Å². The Morgan fingerprint density at radius 2 is 1.80 bits per heavy atom. The van der Waals surface area contributed by atoms with Crippen LogP contribution >= 0.6 is 0 Å². The van der Waals surface area contributed by atoms with E-state index in [2.05, 4.69) is 6.58 Å². The summed E-state index contributed by atoms with van der Waals surface area (Å²) >= 11 is 0. The molecule has 0 aromatic heterocycles. The maximum Gasteiger partial charge on any atom is 0.136 e. The highest BCUT2D eigenvalue weighted by Crippen LogP contribution is 2.21. The van der Waals surface area contributed by atoms with Gasteiger partial charge < -0.3 is 0 Å². The molecule has 2 heteroatoms. The van der Waals surface area contributed by atoms with Gasteiger partial charge in [-0.2, -0.15) is 0 Å². The number of hydrogen-bond donors (Lipinski definition) is 0. The van der Waals surface area contributed by atoms with Gasteiger partial charge in [-0.3, -0.25) is 0 Å². The van der Waals surface area contributed by atoms with Gasteiger partial charge in [0.15, 0.2) is 0 Å². The Labute approximate surface area is 91.5 Å². The van der Waals surface area contributed by atoms with E-state index >= 15 is 0 Å². The molecule has 0 heterocycles. The van der Waals surface area contributed by atoms with E-state index in [1.807, 2.05) is 51.1 Å². The standard InChI is InChI=1S/C13H18O2/c1-5-12(14-15-13(2,3)4)11-9-7-6-8-10-11/h5-10,12H,1H2,2-4H3/t12-/m1/s1. The molecular weight excluding hydrogens is 188 g/mol. The molecule has 0 fully saturated rings. The topological polar surface area (TPSA) is 18.5 Å². The minimum atomic E-state index is -0.309. The van der Waals surface area contributed by atoms with E-state index in [-0.39, 0.29) is 11.7 Å². The highest BCUT2D eigenvalue weighted by atomic mass is 17.2. The van der Waals surface area contributed by atoms with Crippen molar-refractivity contribution in [3.05, 3.63) is 48.6 Å². The Morgan fingerprint density at radius 1 is 1.20 bits per heavy atom. The highest BCUT2D eigenvalue weighted by molar-refractivity contribution is 5.20. The molecule has 0 amide bonds. The zero-order valence-corrected chi connectivity index (χ0v) is 9.57. The first-order valence-corrected chi connectivity index (χ1v) is 5.05. The second-order valence-electron chi connectivity index (χ2n) is 4.36. The summed E-state index contributed by atoms with van der Waals surface area (Å²) in [6, 6.07) is 9.86. The highest BCUT2D eigenvalue weighted by Gasteiger charge is 2.15. The van der Waals surface area contributed by atoms with E-state index < -0.39 is 0 Å². The molecule has 0 saturated heterocycles. The maximum absolute atomic E-state index is 5.32. The van der Waals surface area contributed by atoms with Crippen molar-refractivity contribution >= 4 is 0 Å². The SMILES string of the molecule is C=C[C@@H](OOC(C)(C)C)c1ccccc1. The van der Waals surface area contributed by atoms with Crippen LogP contribution < -0.4 is 0 Å². The molecule has 0 aliphatic carbocycles. The smallest absolute Gasteiger partial charge is 0.136 e. The van der Waals surface area contributed by atoms with Gasteiger partial charge in [0.25, 0.3) is 0 Å². The maximum atomic E-state index is 5.32. The van der Waals surface area contributed by atoms with Gasteiger partial charge in [-0.15, -0.1) is 6.58 Å². The normalized spacial score (nSPS) is 13.5. The Kier molecular flexibility index (Phi) is 4.06. The van der Waals surface area contributed by atoms with Crippen LogP contribution in [0.2, 0.25) is 0 Å². The summed E-state index contributed by atoms with van der Waals surface area (Å²) in [5, 5.41) is 0. The van der Waals surface area contributed by atoms with Crippen LogP contribution in [0.3, 0.4) is 0 Å². The molecule has 0 bridgehead atoms. The molecular formula is C13H18O2. The van der Waals surface area contributed by atoms with Crippen molar-refractivity contribution in [2.45, 2.75) is 32.5 Å². The number of hydrogen-bond acceptors (Lipinski definition) is 2. The molecule has 1 rings (SSSR count). The van der Waals surface area contributed by atoms with Crippen LogP contribution in [0.4, 0.5) is 0 Å². The lowest BCUT2D eigenvalue weighted by atomic mass is 10.1. The third-order valence-corrected chi connectivity index (χ3v) is 1.74. The first-order valence-electron chi connectivity index (χ1n) is 5.05. The van der Waals surface area contributed by atoms with Crippen molar-refractivity contribution in [2.75, 3.05) is 0 Å². The molecule has 82 valence electrons. The van der Waals surface area contributed by atoms with Crippen LogP contribution in [-0.4, -0.2) is 5.60 Å². The third-order valence-electron chi connectivity index (χ3n) is 1.74. The van der Waals surface area contributed by atoms with Crippen molar-refractivity contribution in [2.24, 2.45) is 0 Å². The van der Waals surface area contributed by atoms with Gasteiger partial charge in [0.05, 0.1) is 5.60 Å². The largest absolute Gasteiger partial charge is 0.230 e. The molecule has 0 saturated carbocycles. The quantitative estimate of drug-likeness (QED) is 0.425. The van der Waals surface area contributed by atoms with E-state index in [9.17, 15) is 0 Å². The van der Waals surface area contributed by atoms with Gasteiger partial charge >= 0.3 is 0 Å². The fourth-order valence-corrected chi connectivity index (χ4v) is 1.07. The number of benzene rings is 1. The summed E-state index contributed by atoms with van der Waals surface area (Å²) in [5.41, 5.74) is 0.729. The fourth-order valence-electron chi connectivity index (χ4n) is 1.07. The van der Waals surface area contributed by atoms with Gasteiger partial charge in [-0.1, -0.05) is 36.4 Å². The minimum Gasteiger partial charge on any atom is -0.230 e. The average molecular weight is 206 g/mol. The Bertz CT molecular complexity index is 298. The summed E-state index contributed by atoms with van der Waals surface area (Å²) in [7, 11) is 0. The van der Waals surface area contributed by atoms with Gasteiger partial charge in [0.2, 0.25) is 0 Å². The predicted molar refractivity (Wildman–Crippen MR) is 61.3 cm³/mol. The molecule has 0 spiro atoms. The molecule has 0 N–H and O–H groups in total. The molecule has 0 aliphatic heterocycles. The Morgan fingerprint density at radius 3 is 2.27 bits per heavy atom. The van der Waals surface area contributed by atoms with Gasteiger partial charge in [0.1, 0.15) is 6.10 Å². The minimum absolute atomic E-state index is 0.217.